The molecule has 1 aromatic carbocycles. The molecule has 1 aromatic rings. The van der Waals surface area contributed by atoms with Crippen molar-refractivity contribution in [3.63, 3.8) is 0 Å². The van der Waals surface area contributed by atoms with E-state index in [1.54, 1.807) is 0 Å². The Kier molecular flexibility index (Phi) is 6.58. The molecule has 1 amide bonds. The number of amides is 1. The molecular formula is C13H15ClN2O6. The second-order valence-corrected chi connectivity index (χ2v) is 4.85. The number of carbonyl (C=O) groups is 2. The van der Waals surface area contributed by atoms with E-state index in [0.29, 0.717) is 0 Å². The van der Waals surface area contributed by atoms with E-state index in [2.05, 4.69) is 5.32 Å². The van der Waals surface area contributed by atoms with Crippen LogP contribution in [-0.4, -0.2) is 34.6 Å². The molecule has 0 spiro atoms. The molecule has 2 N–H and O–H groups in total. The molecule has 1 atom stereocenters. The predicted octanol–water partition coefficient (Wildman–Crippen LogP) is 2.00. The molecule has 0 radical (unpaired) electrons. The zero-order chi connectivity index (χ0) is 16.7. The second kappa shape index (κ2) is 8.18. The van der Waals surface area contributed by atoms with Gasteiger partial charge in [-0.15, -0.1) is 0 Å². The first-order chi connectivity index (χ1) is 10.3. The topological polar surface area (TPSA) is 119 Å². The van der Waals surface area contributed by atoms with Crippen molar-refractivity contribution in [3.8, 4) is 5.75 Å². The van der Waals surface area contributed by atoms with Gasteiger partial charge >= 0.3 is 11.7 Å². The Morgan fingerprint density at radius 3 is 2.77 bits per heavy atom. The number of aliphatic carboxylic acids is 1. The molecule has 0 saturated heterocycles. The Labute approximate surface area is 131 Å². The summed E-state index contributed by atoms with van der Waals surface area (Å²) in [5.74, 6) is -1.51. The van der Waals surface area contributed by atoms with Crippen LogP contribution in [0.2, 0.25) is 5.02 Å². The number of halogens is 1. The monoisotopic (exact) mass is 330 g/mol. The van der Waals surface area contributed by atoms with Gasteiger partial charge in [-0.3, -0.25) is 19.7 Å². The van der Waals surface area contributed by atoms with Crippen molar-refractivity contribution >= 4 is 29.2 Å². The average molecular weight is 331 g/mol. The summed E-state index contributed by atoms with van der Waals surface area (Å²) in [4.78, 5) is 32.4. The lowest BCUT2D eigenvalue weighted by Crippen LogP contribution is -2.37. The highest BCUT2D eigenvalue weighted by Crippen LogP contribution is 2.30. The van der Waals surface area contributed by atoms with E-state index in [9.17, 15) is 19.7 Å². The van der Waals surface area contributed by atoms with Gasteiger partial charge in [-0.2, -0.15) is 0 Å². The van der Waals surface area contributed by atoms with Gasteiger partial charge in [-0.25, -0.2) is 0 Å². The van der Waals surface area contributed by atoms with Gasteiger partial charge < -0.3 is 15.2 Å². The average Bonchev–Trinajstić information content (AvgIpc) is 2.44. The highest BCUT2D eigenvalue weighted by atomic mass is 35.5. The van der Waals surface area contributed by atoms with Crippen LogP contribution >= 0.6 is 11.6 Å². The van der Waals surface area contributed by atoms with E-state index in [1.165, 1.54) is 19.1 Å². The first kappa shape index (κ1) is 17.7. The lowest BCUT2D eigenvalue weighted by molar-refractivity contribution is -0.386. The van der Waals surface area contributed by atoms with E-state index in [0.717, 1.165) is 6.07 Å². The van der Waals surface area contributed by atoms with Crippen LogP contribution in [0.5, 0.6) is 5.75 Å². The van der Waals surface area contributed by atoms with E-state index in [-0.39, 0.29) is 35.8 Å². The SMILES string of the molecule is CC(Oc1ccc(Cl)cc1[N+](=O)[O-])C(=O)NCCCC(=O)O. The van der Waals surface area contributed by atoms with Crippen molar-refractivity contribution in [1.29, 1.82) is 0 Å². The highest BCUT2D eigenvalue weighted by molar-refractivity contribution is 6.30. The van der Waals surface area contributed by atoms with Crippen LogP contribution in [0.1, 0.15) is 19.8 Å². The summed E-state index contributed by atoms with van der Waals surface area (Å²) in [5.41, 5.74) is -0.335. The Morgan fingerprint density at radius 2 is 2.18 bits per heavy atom. The standard InChI is InChI=1S/C13H15ClN2O6/c1-8(13(19)15-6-2-3-12(17)18)22-11-5-4-9(14)7-10(11)16(20)21/h4-5,7-8H,2-3,6H2,1H3,(H,15,19)(H,17,18). The highest BCUT2D eigenvalue weighted by Gasteiger charge is 2.21. The Bertz CT molecular complexity index is 578. The summed E-state index contributed by atoms with van der Waals surface area (Å²) in [7, 11) is 0. The predicted molar refractivity (Wildman–Crippen MR) is 78.1 cm³/mol. The van der Waals surface area contributed by atoms with E-state index < -0.39 is 22.9 Å². The summed E-state index contributed by atoms with van der Waals surface area (Å²) >= 11 is 5.68. The van der Waals surface area contributed by atoms with Crippen molar-refractivity contribution in [2.75, 3.05) is 6.54 Å². The summed E-state index contributed by atoms with van der Waals surface area (Å²) in [5, 5.41) is 22.1. The van der Waals surface area contributed by atoms with Gasteiger partial charge in [0, 0.05) is 24.1 Å². The number of ether oxygens (including phenoxy) is 1. The quantitative estimate of drug-likeness (QED) is 0.427. The van der Waals surface area contributed by atoms with Crippen LogP contribution in [0.4, 0.5) is 5.69 Å². The van der Waals surface area contributed by atoms with Crippen LogP contribution < -0.4 is 10.1 Å². The molecule has 0 bridgehead atoms. The van der Waals surface area contributed by atoms with Gasteiger partial charge in [-0.1, -0.05) is 11.6 Å². The second-order valence-electron chi connectivity index (χ2n) is 4.42. The lowest BCUT2D eigenvalue weighted by atomic mass is 10.2. The number of carbonyl (C=O) groups excluding carboxylic acids is 1. The van der Waals surface area contributed by atoms with Crippen molar-refractivity contribution < 1.29 is 24.4 Å². The molecule has 0 aliphatic heterocycles. The van der Waals surface area contributed by atoms with Crippen LogP contribution in [0, 0.1) is 10.1 Å². The zero-order valence-corrected chi connectivity index (χ0v) is 12.5. The van der Waals surface area contributed by atoms with Gasteiger partial charge in [0.1, 0.15) is 0 Å². The molecule has 0 saturated carbocycles. The molecule has 22 heavy (non-hydrogen) atoms. The smallest absolute Gasteiger partial charge is 0.312 e. The fourth-order valence-corrected chi connectivity index (χ4v) is 1.74. The molecule has 1 rings (SSSR count). The lowest BCUT2D eigenvalue weighted by Gasteiger charge is -2.14. The third kappa shape index (κ3) is 5.57. The van der Waals surface area contributed by atoms with Gasteiger partial charge in [-0.05, 0) is 25.5 Å². The Hall–Kier alpha value is -2.35. The van der Waals surface area contributed by atoms with Crippen LogP contribution in [0.15, 0.2) is 18.2 Å². The maximum Gasteiger partial charge on any atom is 0.312 e. The molecule has 0 aliphatic carbocycles. The number of nitro groups is 1. The largest absolute Gasteiger partial charge is 0.481 e. The normalized spacial score (nSPS) is 11.5. The minimum absolute atomic E-state index is 0.0574. The number of nitrogens with one attached hydrogen (secondary N) is 1. The van der Waals surface area contributed by atoms with Gasteiger partial charge in [0.05, 0.1) is 4.92 Å². The molecular weight excluding hydrogens is 316 g/mol. The van der Waals surface area contributed by atoms with Gasteiger partial charge in [0.2, 0.25) is 0 Å². The molecule has 0 aromatic heterocycles. The number of carboxylic acid groups (broad SMARTS) is 1. The van der Waals surface area contributed by atoms with E-state index >= 15 is 0 Å². The first-order valence-electron chi connectivity index (χ1n) is 6.41. The third-order valence-corrected chi connectivity index (χ3v) is 2.89. The van der Waals surface area contributed by atoms with Gasteiger partial charge in [0.25, 0.3) is 5.91 Å². The molecule has 120 valence electrons. The Balaban J connectivity index is 2.60. The van der Waals surface area contributed by atoms with Crippen LogP contribution in [0.25, 0.3) is 0 Å². The molecule has 8 nitrogen and oxygen atoms in total. The molecule has 9 heteroatoms. The number of rotatable bonds is 8. The zero-order valence-electron chi connectivity index (χ0n) is 11.7. The summed E-state index contributed by atoms with van der Waals surface area (Å²) in [6, 6.07) is 3.87. The number of nitro benzene ring substituents is 1. The number of nitrogens with zero attached hydrogens (tertiary/aromatic N) is 1. The fraction of sp³-hybridized carbons (Fsp3) is 0.385. The van der Waals surface area contributed by atoms with Crippen molar-refractivity contribution in [1.82, 2.24) is 5.32 Å². The number of carboxylic acids is 1. The summed E-state index contributed by atoms with van der Waals surface area (Å²) < 4.78 is 5.27. The van der Waals surface area contributed by atoms with Gasteiger partial charge in [0.15, 0.2) is 11.9 Å². The molecule has 1 unspecified atom stereocenters. The minimum Gasteiger partial charge on any atom is -0.481 e. The number of benzene rings is 1. The maximum atomic E-state index is 11.8. The third-order valence-electron chi connectivity index (χ3n) is 2.66. The maximum absolute atomic E-state index is 11.8. The molecule has 0 heterocycles. The van der Waals surface area contributed by atoms with Crippen molar-refractivity contribution in [2.45, 2.75) is 25.9 Å². The van der Waals surface area contributed by atoms with Crippen LogP contribution in [-0.2, 0) is 9.59 Å². The minimum atomic E-state index is -0.968. The molecule has 0 aliphatic rings. The number of hydrogen-bond donors (Lipinski definition) is 2. The summed E-state index contributed by atoms with van der Waals surface area (Å²) in [6.45, 7) is 1.62. The van der Waals surface area contributed by atoms with E-state index in [4.69, 9.17) is 21.4 Å². The number of hydrogen-bond acceptors (Lipinski definition) is 5. The molecule has 0 fully saturated rings. The first-order valence-corrected chi connectivity index (χ1v) is 6.79. The van der Waals surface area contributed by atoms with E-state index in [1.807, 2.05) is 0 Å². The van der Waals surface area contributed by atoms with Crippen molar-refractivity contribution in [2.24, 2.45) is 0 Å². The van der Waals surface area contributed by atoms with Crippen molar-refractivity contribution in [3.05, 3.63) is 33.3 Å². The fourth-order valence-electron chi connectivity index (χ4n) is 1.57. The summed E-state index contributed by atoms with van der Waals surface area (Å²) in [6.07, 6.45) is -0.739. The van der Waals surface area contributed by atoms with Crippen LogP contribution in [0.3, 0.4) is 0 Å². The Morgan fingerprint density at radius 1 is 1.50 bits per heavy atom.